The summed E-state index contributed by atoms with van der Waals surface area (Å²) in [5, 5.41) is 3.03. The van der Waals surface area contributed by atoms with Crippen LogP contribution in [0.15, 0.2) is 30.3 Å². The van der Waals surface area contributed by atoms with Crippen LogP contribution in [0.25, 0.3) is 0 Å². The second-order valence-electron chi connectivity index (χ2n) is 6.95. The second-order valence-corrected chi connectivity index (χ2v) is 6.95. The highest BCUT2D eigenvalue weighted by molar-refractivity contribution is 5.94. The lowest BCUT2D eigenvalue weighted by molar-refractivity contribution is -0.141. The molecule has 0 aromatic heterocycles. The molecular weight excluding hydrogens is 318 g/mol. The average Bonchev–Trinajstić information content (AvgIpc) is 2.93. The number of carbonyl (C=O) groups is 2. The summed E-state index contributed by atoms with van der Waals surface area (Å²) >= 11 is 0. The van der Waals surface area contributed by atoms with Crippen molar-refractivity contribution in [2.45, 2.75) is 31.8 Å². The Balaban J connectivity index is 1.57. The van der Waals surface area contributed by atoms with E-state index in [4.69, 9.17) is 4.74 Å². The predicted molar refractivity (Wildman–Crippen MR) is 94.9 cm³/mol. The Bertz CT molecular complexity index is 601. The zero-order chi connectivity index (χ0) is 17.7. The molecule has 6 heteroatoms. The monoisotopic (exact) mass is 345 g/mol. The molecule has 3 rings (SSSR count). The minimum atomic E-state index is -0.766. The number of benzene rings is 1. The van der Waals surface area contributed by atoms with Crippen molar-refractivity contribution in [1.82, 2.24) is 15.1 Å². The lowest BCUT2D eigenvalue weighted by Crippen LogP contribution is -2.55. The van der Waals surface area contributed by atoms with Crippen molar-refractivity contribution in [3.05, 3.63) is 35.9 Å². The van der Waals surface area contributed by atoms with Gasteiger partial charge in [-0.15, -0.1) is 0 Å². The van der Waals surface area contributed by atoms with E-state index in [2.05, 4.69) is 10.2 Å². The van der Waals surface area contributed by atoms with Gasteiger partial charge in [-0.05, 0) is 18.9 Å². The number of nitrogens with zero attached hydrogens (tertiary/aromatic N) is 2. The standard InChI is InChI=1S/C19H27N3O3/c1-19(18(24)20-9-10-21-11-13-25-14-12-21)8-7-17(23)22(19)15-16-5-3-2-4-6-16/h2-6H,7-15H2,1H3,(H,20,24). The number of nitrogens with one attached hydrogen (secondary N) is 1. The minimum Gasteiger partial charge on any atom is -0.379 e. The van der Waals surface area contributed by atoms with Crippen molar-refractivity contribution >= 4 is 11.8 Å². The number of hydrogen-bond donors (Lipinski definition) is 1. The molecule has 136 valence electrons. The summed E-state index contributed by atoms with van der Waals surface area (Å²) in [5.41, 5.74) is 0.280. The van der Waals surface area contributed by atoms with Crippen molar-refractivity contribution in [2.24, 2.45) is 0 Å². The summed E-state index contributed by atoms with van der Waals surface area (Å²) in [7, 11) is 0. The van der Waals surface area contributed by atoms with Crippen LogP contribution in [0.2, 0.25) is 0 Å². The fourth-order valence-corrected chi connectivity index (χ4v) is 3.50. The third kappa shape index (κ3) is 4.19. The van der Waals surface area contributed by atoms with Crippen LogP contribution < -0.4 is 5.32 Å². The van der Waals surface area contributed by atoms with Crippen LogP contribution in [0.1, 0.15) is 25.3 Å². The Kier molecular flexibility index (Phi) is 5.71. The van der Waals surface area contributed by atoms with E-state index in [1.807, 2.05) is 37.3 Å². The molecular formula is C19H27N3O3. The number of carbonyl (C=O) groups excluding carboxylic acids is 2. The fourth-order valence-electron chi connectivity index (χ4n) is 3.50. The maximum atomic E-state index is 12.8. The van der Waals surface area contributed by atoms with Gasteiger partial charge in [0.1, 0.15) is 5.54 Å². The predicted octanol–water partition coefficient (Wildman–Crippen LogP) is 1.02. The maximum absolute atomic E-state index is 12.8. The number of morpholine rings is 1. The number of likely N-dealkylation sites (tertiary alicyclic amines) is 1. The lowest BCUT2D eigenvalue weighted by atomic mass is 9.97. The van der Waals surface area contributed by atoms with Gasteiger partial charge in [0.15, 0.2) is 0 Å². The van der Waals surface area contributed by atoms with Crippen LogP contribution in [-0.4, -0.2) is 66.5 Å². The van der Waals surface area contributed by atoms with Gasteiger partial charge >= 0.3 is 0 Å². The molecule has 25 heavy (non-hydrogen) atoms. The molecule has 1 N–H and O–H groups in total. The van der Waals surface area contributed by atoms with Gasteiger partial charge in [0.05, 0.1) is 13.2 Å². The number of ether oxygens (including phenoxy) is 1. The summed E-state index contributed by atoms with van der Waals surface area (Å²) in [5.74, 6) is -0.00257. The summed E-state index contributed by atoms with van der Waals surface area (Å²) in [6.45, 7) is 7.10. The molecule has 0 saturated carbocycles. The average molecular weight is 345 g/mol. The second kappa shape index (κ2) is 7.97. The zero-order valence-electron chi connectivity index (χ0n) is 14.9. The van der Waals surface area contributed by atoms with Gasteiger partial charge in [-0.2, -0.15) is 0 Å². The Hall–Kier alpha value is -1.92. The SMILES string of the molecule is CC1(C(=O)NCCN2CCOCC2)CCC(=O)N1Cc1ccccc1. The van der Waals surface area contributed by atoms with Crippen LogP contribution in [0.4, 0.5) is 0 Å². The van der Waals surface area contributed by atoms with Gasteiger partial charge in [-0.25, -0.2) is 0 Å². The van der Waals surface area contributed by atoms with Crippen LogP contribution in [-0.2, 0) is 20.9 Å². The first-order valence-electron chi connectivity index (χ1n) is 9.02. The molecule has 1 aromatic carbocycles. The van der Waals surface area contributed by atoms with Crippen LogP contribution in [0, 0.1) is 0 Å². The Morgan fingerprint density at radius 3 is 2.68 bits per heavy atom. The normalized spacial score (nSPS) is 24.5. The molecule has 0 bridgehead atoms. The number of hydrogen-bond acceptors (Lipinski definition) is 4. The molecule has 1 atom stereocenters. The Labute approximate surface area is 149 Å². The molecule has 1 unspecified atom stereocenters. The van der Waals surface area contributed by atoms with E-state index >= 15 is 0 Å². The first-order valence-corrected chi connectivity index (χ1v) is 9.02. The van der Waals surface area contributed by atoms with E-state index in [-0.39, 0.29) is 11.8 Å². The molecule has 0 radical (unpaired) electrons. The largest absolute Gasteiger partial charge is 0.379 e. The summed E-state index contributed by atoms with van der Waals surface area (Å²) in [6, 6.07) is 9.84. The number of amides is 2. The quantitative estimate of drug-likeness (QED) is 0.836. The van der Waals surface area contributed by atoms with Crippen LogP contribution in [0.5, 0.6) is 0 Å². The highest BCUT2D eigenvalue weighted by atomic mass is 16.5. The van der Waals surface area contributed by atoms with E-state index in [1.54, 1.807) is 4.90 Å². The van der Waals surface area contributed by atoms with E-state index < -0.39 is 5.54 Å². The summed E-state index contributed by atoms with van der Waals surface area (Å²) in [4.78, 5) is 29.2. The Morgan fingerprint density at radius 2 is 1.96 bits per heavy atom. The first kappa shape index (κ1) is 17.9. The van der Waals surface area contributed by atoms with Gasteiger partial charge in [0, 0.05) is 39.1 Å². The highest BCUT2D eigenvalue weighted by Gasteiger charge is 2.46. The van der Waals surface area contributed by atoms with Gasteiger partial charge in [-0.1, -0.05) is 30.3 Å². The van der Waals surface area contributed by atoms with Crippen molar-refractivity contribution in [3.8, 4) is 0 Å². The molecule has 0 spiro atoms. The molecule has 2 fully saturated rings. The maximum Gasteiger partial charge on any atom is 0.245 e. The molecule has 0 aliphatic carbocycles. The topological polar surface area (TPSA) is 61.9 Å². The molecule has 2 heterocycles. The minimum absolute atomic E-state index is 0.0506. The van der Waals surface area contributed by atoms with E-state index in [9.17, 15) is 9.59 Å². The van der Waals surface area contributed by atoms with Crippen molar-refractivity contribution in [2.75, 3.05) is 39.4 Å². The summed E-state index contributed by atoms with van der Waals surface area (Å²) < 4.78 is 5.33. The molecule has 6 nitrogen and oxygen atoms in total. The van der Waals surface area contributed by atoms with E-state index in [0.717, 1.165) is 38.4 Å². The van der Waals surface area contributed by atoms with Gasteiger partial charge in [-0.3, -0.25) is 14.5 Å². The molecule has 2 amide bonds. The number of rotatable bonds is 6. The molecule has 2 aliphatic rings. The fraction of sp³-hybridized carbons (Fsp3) is 0.579. The first-order chi connectivity index (χ1) is 12.1. The Morgan fingerprint density at radius 1 is 1.24 bits per heavy atom. The van der Waals surface area contributed by atoms with Gasteiger partial charge in [0.25, 0.3) is 0 Å². The van der Waals surface area contributed by atoms with E-state index in [0.29, 0.717) is 25.9 Å². The molecule has 2 saturated heterocycles. The van der Waals surface area contributed by atoms with Crippen molar-refractivity contribution < 1.29 is 14.3 Å². The van der Waals surface area contributed by atoms with Gasteiger partial charge in [0.2, 0.25) is 11.8 Å². The smallest absolute Gasteiger partial charge is 0.245 e. The molecule has 1 aromatic rings. The van der Waals surface area contributed by atoms with Gasteiger partial charge < -0.3 is 15.0 Å². The van der Waals surface area contributed by atoms with Crippen molar-refractivity contribution in [1.29, 1.82) is 0 Å². The third-order valence-corrected chi connectivity index (χ3v) is 5.21. The van der Waals surface area contributed by atoms with E-state index in [1.165, 1.54) is 0 Å². The van der Waals surface area contributed by atoms with Crippen molar-refractivity contribution in [3.63, 3.8) is 0 Å². The summed E-state index contributed by atoms with van der Waals surface area (Å²) in [6.07, 6.45) is 1.00. The third-order valence-electron chi connectivity index (χ3n) is 5.21. The highest BCUT2D eigenvalue weighted by Crippen LogP contribution is 2.31. The van der Waals surface area contributed by atoms with Crippen LogP contribution >= 0.6 is 0 Å². The van der Waals surface area contributed by atoms with Crippen LogP contribution in [0.3, 0.4) is 0 Å². The lowest BCUT2D eigenvalue weighted by Gasteiger charge is -2.34. The zero-order valence-corrected chi connectivity index (χ0v) is 14.9. The molecule has 2 aliphatic heterocycles.